The standard InChI is InChI=1S/C24H17ClO/c1-17-7-13-23-21(15-17)22(16-19-5-3-2-4-6-19)24(26-23)14-10-18-8-11-20(25)12-9-18/h2-9,11-13,15H,16H2,1H3. The van der Waals surface area contributed by atoms with E-state index in [0.717, 1.165) is 34.3 Å². The molecule has 0 radical (unpaired) electrons. The Kier molecular flexibility index (Phi) is 4.52. The number of benzene rings is 3. The quantitative estimate of drug-likeness (QED) is 0.379. The second kappa shape index (κ2) is 7.12. The van der Waals surface area contributed by atoms with E-state index in [0.29, 0.717) is 5.02 Å². The van der Waals surface area contributed by atoms with E-state index in [4.69, 9.17) is 16.0 Å². The third-order valence-corrected chi connectivity index (χ3v) is 4.59. The molecule has 0 spiro atoms. The first-order valence-corrected chi connectivity index (χ1v) is 8.90. The molecule has 0 aliphatic heterocycles. The van der Waals surface area contributed by atoms with Gasteiger partial charge in [-0.15, -0.1) is 0 Å². The summed E-state index contributed by atoms with van der Waals surface area (Å²) in [5.41, 5.74) is 5.38. The van der Waals surface area contributed by atoms with Gasteiger partial charge < -0.3 is 4.42 Å². The minimum absolute atomic E-state index is 0.708. The highest BCUT2D eigenvalue weighted by molar-refractivity contribution is 6.30. The van der Waals surface area contributed by atoms with Crippen LogP contribution in [0, 0.1) is 18.8 Å². The van der Waals surface area contributed by atoms with Crippen molar-refractivity contribution >= 4 is 22.6 Å². The van der Waals surface area contributed by atoms with Gasteiger partial charge in [0.2, 0.25) is 0 Å². The summed E-state index contributed by atoms with van der Waals surface area (Å²) in [6.07, 6.45) is 0.794. The Labute approximate surface area is 158 Å². The highest BCUT2D eigenvalue weighted by Gasteiger charge is 2.13. The molecule has 0 amide bonds. The van der Waals surface area contributed by atoms with Crippen LogP contribution in [0.1, 0.15) is 28.0 Å². The van der Waals surface area contributed by atoms with Gasteiger partial charge in [-0.2, -0.15) is 0 Å². The number of rotatable bonds is 2. The maximum absolute atomic E-state index is 6.07. The van der Waals surface area contributed by atoms with Gasteiger partial charge in [0.15, 0.2) is 5.76 Å². The average molecular weight is 357 g/mol. The molecule has 0 N–H and O–H groups in total. The number of hydrogen-bond acceptors (Lipinski definition) is 1. The van der Waals surface area contributed by atoms with Crippen LogP contribution in [-0.2, 0) is 6.42 Å². The number of fused-ring (bicyclic) bond motifs is 1. The van der Waals surface area contributed by atoms with E-state index in [1.165, 1.54) is 11.1 Å². The highest BCUT2D eigenvalue weighted by atomic mass is 35.5. The molecule has 1 nitrogen and oxygen atoms in total. The molecule has 0 fully saturated rings. The number of furan rings is 1. The van der Waals surface area contributed by atoms with Crippen molar-refractivity contribution in [1.29, 1.82) is 0 Å². The number of halogens is 1. The largest absolute Gasteiger partial charge is 0.447 e. The number of aryl methyl sites for hydroxylation is 1. The molecule has 4 rings (SSSR count). The summed E-state index contributed by atoms with van der Waals surface area (Å²) < 4.78 is 6.07. The fourth-order valence-electron chi connectivity index (χ4n) is 3.00. The van der Waals surface area contributed by atoms with Crippen molar-refractivity contribution in [3.8, 4) is 11.8 Å². The van der Waals surface area contributed by atoms with Gasteiger partial charge in [-0.1, -0.05) is 59.5 Å². The van der Waals surface area contributed by atoms with Gasteiger partial charge in [0.1, 0.15) is 5.58 Å². The maximum atomic E-state index is 6.07. The van der Waals surface area contributed by atoms with Crippen LogP contribution in [-0.4, -0.2) is 0 Å². The van der Waals surface area contributed by atoms with Crippen LogP contribution >= 0.6 is 11.6 Å². The first kappa shape index (κ1) is 16.5. The van der Waals surface area contributed by atoms with E-state index in [9.17, 15) is 0 Å². The molecule has 0 saturated heterocycles. The van der Waals surface area contributed by atoms with Crippen molar-refractivity contribution in [3.05, 3.63) is 106 Å². The third-order valence-electron chi connectivity index (χ3n) is 4.33. The Bertz CT molecular complexity index is 1110. The summed E-state index contributed by atoms with van der Waals surface area (Å²) in [5.74, 6) is 7.13. The lowest BCUT2D eigenvalue weighted by Gasteiger charge is -2.01. The van der Waals surface area contributed by atoms with Gasteiger partial charge >= 0.3 is 0 Å². The fourth-order valence-corrected chi connectivity index (χ4v) is 3.13. The zero-order chi connectivity index (χ0) is 17.9. The molecule has 1 heterocycles. The first-order chi connectivity index (χ1) is 12.7. The summed E-state index contributed by atoms with van der Waals surface area (Å²) in [4.78, 5) is 0. The molecule has 0 unspecified atom stereocenters. The normalized spacial score (nSPS) is 10.5. The summed E-state index contributed by atoms with van der Waals surface area (Å²) >= 11 is 5.95. The van der Waals surface area contributed by atoms with E-state index in [1.54, 1.807) is 0 Å². The van der Waals surface area contributed by atoms with Gasteiger partial charge in [-0.3, -0.25) is 0 Å². The van der Waals surface area contributed by atoms with Crippen LogP contribution in [0.4, 0.5) is 0 Å². The molecular weight excluding hydrogens is 340 g/mol. The van der Waals surface area contributed by atoms with Crippen LogP contribution < -0.4 is 0 Å². The molecule has 3 aromatic carbocycles. The van der Waals surface area contributed by atoms with E-state index in [-0.39, 0.29) is 0 Å². The van der Waals surface area contributed by atoms with Crippen molar-refractivity contribution < 1.29 is 4.42 Å². The SMILES string of the molecule is Cc1ccc2oc(C#Cc3ccc(Cl)cc3)c(Cc3ccccc3)c2c1. The molecule has 1 aromatic heterocycles. The highest BCUT2D eigenvalue weighted by Crippen LogP contribution is 2.28. The minimum atomic E-state index is 0.708. The molecule has 0 atom stereocenters. The Hall–Kier alpha value is -2.95. The summed E-state index contributed by atoms with van der Waals surface area (Å²) in [7, 11) is 0. The topological polar surface area (TPSA) is 13.1 Å². The zero-order valence-electron chi connectivity index (χ0n) is 14.4. The average Bonchev–Trinajstić information content (AvgIpc) is 2.99. The van der Waals surface area contributed by atoms with Crippen molar-refractivity contribution in [2.45, 2.75) is 13.3 Å². The predicted octanol–water partition coefficient (Wildman–Crippen LogP) is 6.39. The summed E-state index contributed by atoms with van der Waals surface area (Å²) in [6.45, 7) is 2.10. The Morgan fingerprint density at radius 3 is 2.42 bits per heavy atom. The first-order valence-electron chi connectivity index (χ1n) is 8.52. The van der Waals surface area contributed by atoms with E-state index in [2.05, 4.69) is 55.2 Å². The van der Waals surface area contributed by atoms with Gasteiger partial charge in [0, 0.05) is 28.0 Å². The van der Waals surface area contributed by atoms with Crippen LogP contribution in [0.15, 0.2) is 77.2 Å². The zero-order valence-corrected chi connectivity index (χ0v) is 15.2. The Morgan fingerprint density at radius 2 is 1.65 bits per heavy atom. The van der Waals surface area contributed by atoms with Crippen LogP contribution in [0.25, 0.3) is 11.0 Å². The lowest BCUT2D eigenvalue weighted by atomic mass is 10.0. The molecule has 0 aliphatic carbocycles. The summed E-state index contributed by atoms with van der Waals surface area (Å²) in [5, 5.41) is 1.84. The second-order valence-electron chi connectivity index (χ2n) is 6.33. The van der Waals surface area contributed by atoms with Crippen molar-refractivity contribution in [1.82, 2.24) is 0 Å². The fraction of sp³-hybridized carbons (Fsp3) is 0.0833. The monoisotopic (exact) mass is 356 g/mol. The van der Waals surface area contributed by atoms with Crippen molar-refractivity contribution in [3.63, 3.8) is 0 Å². The van der Waals surface area contributed by atoms with Crippen LogP contribution in [0.3, 0.4) is 0 Å². The molecule has 0 aliphatic rings. The molecule has 126 valence electrons. The lowest BCUT2D eigenvalue weighted by molar-refractivity contribution is 0.596. The third kappa shape index (κ3) is 3.52. The lowest BCUT2D eigenvalue weighted by Crippen LogP contribution is -1.89. The molecule has 2 heteroatoms. The smallest absolute Gasteiger partial charge is 0.182 e. The van der Waals surface area contributed by atoms with Gasteiger partial charge in [0.05, 0.1) is 0 Å². The Balaban J connectivity index is 1.81. The van der Waals surface area contributed by atoms with E-state index >= 15 is 0 Å². The Morgan fingerprint density at radius 1 is 0.885 bits per heavy atom. The van der Waals surface area contributed by atoms with E-state index < -0.39 is 0 Å². The second-order valence-corrected chi connectivity index (χ2v) is 6.77. The van der Waals surface area contributed by atoms with Gasteiger partial charge in [-0.25, -0.2) is 0 Å². The minimum Gasteiger partial charge on any atom is -0.447 e. The molecule has 0 saturated carbocycles. The van der Waals surface area contributed by atoms with Gasteiger partial charge in [-0.05, 0) is 54.8 Å². The predicted molar refractivity (Wildman–Crippen MR) is 108 cm³/mol. The molecule has 26 heavy (non-hydrogen) atoms. The summed E-state index contributed by atoms with van der Waals surface area (Å²) in [6, 6.07) is 24.2. The van der Waals surface area contributed by atoms with E-state index in [1.807, 2.05) is 36.4 Å². The van der Waals surface area contributed by atoms with Crippen molar-refractivity contribution in [2.75, 3.05) is 0 Å². The maximum Gasteiger partial charge on any atom is 0.182 e. The van der Waals surface area contributed by atoms with Crippen molar-refractivity contribution in [2.24, 2.45) is 0 Å². The number of hydrogen-bond donors (Lipinski definition) is 0. The molecular formula is C24H17ClO. The molecule has 4 aromatic rings. The van der Waals surface area contributed by atoms with Crippen LogP contribution in [0.2, 0.25) is 5.02 Å². The van der Waals surface area contributed by atoms with Gasteiger partial charge in [0.25, 0.3) is 0 Å². The molecule has 0 bridgehead atoms. The van der Waals surface area contributed by atoms with Crippen LogP contribution in [0.5, 0.6) is 0 Å².